The molecule has 0 bridgehead atoms. The highest BCUT2D eigenvalue weighted by Gasteiger charge is 2.25. The largest absolute Gasteiger partial charge is 0.493 e. The molecule has 1 aromatic carbocycles. The molecule has 1 atom stereocenters. The number of halogens is 1. The molecule has 0 saturated heterocycles. The van der Waals surface area contributed by atoms with Crippen LogP contribution in [0.15, 0.2) is 49.1 Å². The Kier molecular flexibility index (Phi) is 5.06. The van der Waals surface area contributed by atoms with Gasteiger partial charge in [0, 0.05) is 27.2 Å². The molecular weight excluding hydrogens is 491 g/mol. The molecule has 0 spiro atoms. The van der Waals surface area contributed by atoms with Gasteiger partial charge in [-0.15, -0.1) is 0 Å². The van der Waals surface area contributed by atoms with Gasteiger partial charge in [0.1, 0.15) is 11.6 Å². The monoisotopic (exact) mass is 512 g/mol. The average molecular weight is 512 g/mol. The number of nitrogens with zero attached hydrogens (tertiary/aromatic N) is 4. The lowest BCUT2D eigenvalue weighted by Gasteiger charge is -2.28. The van der Waals surface area contributed by atoms with Gasteiger partial charge in [-0.3, -0.25) is 4.98 Å². The predicted octanol–water partition coefficient (Wildman–Crippen LogP) is 4.86. The van der Waals surface area contributed by atoms with Crippen molar-refractivity contribution >= 4 is 33.8 Å². The topological polar surface area (TPSA) is 62.1 Å². The maximum absolute atomic E-state index is 6.36. The highest BCUT2D eigenvalue weighted by Crippen LogP contribution is 2.42. The first kappa shape index (κ1) is 19.3. The van der Waals surface area contributed by atoms with E-state index in [1.165, 1.54) is 5.56 Å². The Balaban J connectivity index is 1.44. The number of methoxy groups -OCH3 is 1. The number of imidazole rings is 1. The van der Waals surface area contributed by atoms with Crippen LogP contribution < -0.4 is 9.47 Å². The molecule has 30 heavy (non-hydrogen) atoms. The maximum Gasteiger partial charge on any atom is 0.165 e. The molecule has 6 nitrogen and oxygen atoms in total. The lowest BCUT2D eigenvalue weighted by molar-refractivity contribution is 0.168. The van der Waals surface area contributed by atoms with Gasteiger partial charge >= 0.3 is 0 Å². The Labute approximate surface area is 188 Å². The summed E-state index contributed by atoms with van der Waals surface area (Å²) in [6.07, 6.45) is 7.45. The van der Waals surface area contributed by atoms with E-state index in [1.807, 2.05) is 43.8 Å². The second-order valence-electron chi connectivity index (χ2n) is 7.53. The minimum atomic E-state index is -0.00499. The average Bonchev–Trinajstić information content (AvgIpc) is 3.15. The molecule has 0 aliphatic carbocycles. The van der Waals surface area contributed by atoms with E-state index in [0.29, 0.717) is 6.54 Å². The molecule has 1 aliphatic rings. The van der Waals surface area contributed by atoms with Gasteiger partial charge < -0.3 is 14.0 Å². The molecular formula is C23H21IN4O2. The van der Waals surface area contributed by atoms with E-state index in [2.05, 4.69) is 54.2 Å². The highest BCUT2D eigenvalue weighted by molar-refractivity contribution is 14.1. The lowest BCUT2D eigenvalue weighted by atomic mass is 9.96. The van der Waals surface area contributed by atoms with Gasteiger partial charge in [-0.1, -0.05) is 12.1 Å². The second-order valence-corrected chi connectivity index (χ2v) is 8.78. The van der Waals surface area contributed by atoms with E-state index in [9.17, 15) is 0 Å². The molecule has 1 unspecified atom stereocenters. The van der Waals surface area contributed by atoms with E-state index in [4.69, 9.17) is 9.47 Å². The van der Waals surface area contributed by atoms with Gasteiger partial charge in [-0.2, -0.15) is 0 Å². The summed E-state index contributed by atoms with van der Waals surface area (Å²) >= 11 is 2.25. The van der Waals surface area contributed by atoms with Gasteiger partial charge in [-0.25, -0.2) is 9.97 Å². The zero-order valence-corrected chi connectivity index (χ0v) is 19.0. The number of aromatic nitrogens is 4. The van der Waals surface area contributed by atoms with Crippen molar-refractivity contribution in [2.45, 2.75) is 32.4 Å². The zero-order chi connectivity index (χ0) is 20.7. The standard InChI is InChI=1S/C23H21IN4O2/c1-14-3-4-17(10-25-14)20-6-5-16-7-15(8-21(29-2)22(16)30-20)12-28-13-27-19-9-18(24)11-26-23(19)28/h3-4,7-11,13,20H,5-6,12H2,1-2H3. The van der Waals surface area contributed by atoms with Crippen molar-refractivity contribution in [2.75, 3.05) is 7.11 Å². The number of benzene rings is 1. The second kappa shape index (κ2) is 7.86. The molecule has 0 amide bonds. The van der Waals surface area contributed by atoms with Crippen LogP contribution in [0.25, 0.3) is 11.2 Å². The van der Waals surface area contributed by atoms with Crippen LogP contribution in [0.2, 0.25) is 0 Å². The third kappa shape index (κ3) is 3.62. The van der Waals surface area contributed by atoms with Crippen molar-refractivity contribution < 1.29 is 9.47 Å². The molecule has 0 N–H and O–H groups in total. The fraction of sp³-hybridized carbons (Fsp3) is 0.261. The van der Waals surface area contributed by atoms with Crippen molar-refractivity contribution in [3.8, 4) is 11.5 Å². The van der Waals surface area contributed by atoms with Crippen LogP contribution >= 0.6 is 22.6 Å². The third-order valence-electron chi connectivity index (χ3n) is 5.43. The number of fused-ring (bicyclic) bond motifs is 2. The van der Waals surface area contributed by atoms with Crippen LogP contribution in [-0.4, -0.2) is 26.6 Å². The molecule has 0 saturated carbocycles. The molecule has 5 rings (SSSR count). The molecule has 1 aliphatic heterocycles. The molecule has 0 radical (unpaired) electrons. The minimum Gasteiger partial charge on any atom is -0.493 e. The van der Waals surface area contributed by atoms with Crippen LogP contribution in [0.4, 0.5) is 0 Å². The fourth-order valence-corrected chi connectivity index (χ4v) is 4.35. The van der Waals surface area contributed by atoms with Gasteiger partial charge in [0.2, 0.25) is 0 Å². The Morgan fingerprint density at radius 3 is 2.87 bits per heavy atom. The van der Waals surface area contributed by atoms with E-state index in [-0.39, 0.29) is 6.10 Å². The van der Waals surface area contributed by atoms with E-state index >= 15 is 0 Å². The third-order valence-corrected chi connectivity index (χ3v) is 6.02. The van der Waals surface area contributed by atoms with Crippen molar-refractivity contribution in [3.05, 3.63) is 75.0 Å². The van der Waals surface area contributed by atoms with Crippen LogP contribution in [0, 0.1) is 10.5 Å². The smallest absolute Gasteiger partial charge is 0.165 e. The van der Waals surface area contributed by atoms with Crippen molar-refractivity contribution in [1.29, 1.82) is 0 Å². The Hall–Kier alpha value is -2.68. The number of rotatable bonds is 4. The van der Waals surface area contributed by atoms with Crippen LogP contribution in [0.5, 0.6) is 11.5 Å². The first-order chi connectivity index (χ1) is 14.6. The van der Waals surface area contributed by atoms with E-state index < -0.39 is 0 Å². The summed E-state index contributed by atoms with van der Waals surface area (Å²) in [5.41, 5.74) is 6.22. The maximum atomic E-state index is 6.36. The Morgan fingerprint density at radius 1 is 1.17 bits per heavy atom. The Bertz CT molecular complexity index is 1200. The molecule has 7 heteroatoms. The number of hydrogen-bond donors (Lipinski definition) is 0. The number of ether oxygens (including phenoxy) is 2. The number of aryl methyl sites for hydroxylation is 2. The zero-order valence-electron chi connectivity index (χ0n) is 16.8. The highest BCUT2D eigenvalue weighted by atomic mass is 127. The van der Waals surface area contributed by atoms with Crippen LogP contribution in [-0.2, 0) is 13.0 Å². The minimum absolute atomic E-state index is 0.00499. The van der Waals surface area contributed by atoms with Crippen molar-refractivity contribution in [2.24, 2.45) is 0 Å². The van der Waals surface area contributed by atoms with Gasteiger partial charge in [0.05, 0.1) is 20.0 Å². The SMILES string of the molecule is COc1cc(Cn2cnc3cc(I)cnc32)cc2c1OC(c1ccc(C)nc1)CC2. The van der Waals surface area contributed by atoms with Crippen molar-refractivity contribution in [3.63, 3.8) is 0 Å². The molecule has 4 aromatic rings. The van der Waals surface area contributed by atoms with Gasteiger partial charge in [-0.05, 0) is 71.7 Å². The fourth-order valence-electron chi connectivity index (χ4n) is 3.91. The Morgan fingerprint density at radius 2 is 2.07 bits per heavy atom. The molecule has 0 fully saturated rings. The summed E-state index contributed by atoms with van der Waals surface area (Å²) in [6.45, 7) is 2.67. The summed E-state index contributed by atoms with van der Waals surface area (Å²) in [5.74, 6) is 1.60. The molecule has 152 valence electrons. The quantitative estimate of drug-likeness (QED) is 0.366. The first-order valence-electron chi connectivity index (χ1n) is 9.86. The van der Waals surface area contributed by atoms with Crippen LogP contribution in [0.3, 0.4) is 0 Å². The summed E-state index contributed by atoms with van der Waals surface area (Å²) in [4.78, 5) is 13.4. The number of pyridine rings is 2. The summed E-state index contributed by atoms with van der Waals surface area (Å²) in [5, 5.41) is 0. The van der Waals surface area contributed by atoms with Gasteiger partial charge in [0.15, 0.2) is 17.1 Å². The normalized spacial score (nSPS) is 15.6. The van der Waals surface area contributed by atoms with Gasteiger partial charge in [0.25, 0.3) is 0 Å². The van der Waals surface area contributed by atoms with Crippen LogP contribution in [0.1, 0.15) is 34.9 Å². The first-order valence-corrected chi connectivity index (χ1v) is 10.9. The predicted molar refractivity (Wildman–Crippen MR) is 123 cm³/mol. The van der Waals surface area contributed by atoms with E-state index in [0.717, 1.165) is 55.9 Å². The van der Waals surface area contributed by atoms with E-state index in [1.54, 1.807) is 7.11 Å². The molecule has 3 aromatic heterocycles. The summed E-state index contributed by atoms with van der Waals surface area (Å²) in [6, 6.07) is 10.4. The summed E-state index contributed by atoms with van der Waals surface area (Å²) in [7, 11) is 1.69. The molecule has 4 heterocycles. The number of hydrogen-bond acceptors (Lipinski definition) is 5. The van der Waals surface area contributed by atoms with Crippen molar-refractivity contribution in [1.82, 2.24) is 19.5 Å². The lowest BCUT2D eigenvalue weighted by Crippen LogP contribution is -2.16. The summed E-state index contributed by atoms with van der Waals surface area (Å²) < 4.78 is 15.2.